The minimum atomic E-state index is -2.94. The quantitative estimate of drug-likeness (QED) is 0.909. The van der Waals surface area contributed by atoms with Crippen LogP contribution in [0.3, 0.4) is 0 Å². The van der Waals surface area contributed by atoms with E-state index in [2.05, 4.69) is 29.8 Å². The molecule has 3 atom stereocenters. The van der Waals surface area contributed by atoms with E-state index in [4.69, 9.17) is 0 Å². The maximum absolute atomic E-state index is 11.8. The largest absolute Gasteiger partial charge is 0.312 e. The topological polar surface area (TPSA) is 46.2 Å². The zero-order valence-electron chi connectivity index (χ0n) is 11.6. The summed E-state index contributed by atoms with van der Waals surface area (Å²) in [5.74, 6) is 0.446. The highest BCUT2D eigenvalue weighted by Crippen LogP contribution is 2.25. The van der Waals surface area contributed by atoms with Crippen LogP contribution in [0.5, 0.6) is 0 Å². The Hall–Kier alpha value is -0.390. The van der Waals surface area contributed by atoms with Gasteiger partial charge < -0.3 is 5.32 Å². The lowest BCUT2D eigenvalue weighted by Gasteiger charge is -2.31. The van der Waals surface area contributed by atoms with Crippen molar-refractivity contribution < 1.29 is 8.42 Å². The van der Waals surface area contributed by atoms with Crippen molar-refractivity contribution in [2.24, 2.45) is 0 Å². The molecule has 19 heavy (non-hydrogen) atoms. The second-order valence-electron chi connectivity index (χ2n) is 5.58. The molecule has 0 bridgehead atoms. The summed E-state index contributed by atoms with van der Waals surface area (Å²) in [6, 6.07) is 4.34. The fraction of sp³-hybridized carbons (Fsp3) is 0.714. The fourth-order valence-electron chi connectivity index (χ4n) is 2.84. The first-order valence-electron chi connectivity index (χ1n) is 6.94. The van der Waals surface area contributed by atoms with Crippen molar-refractivity contribution in [3.63, 3.8) is 0 Å². The summed E-state index contributed by atoms with van der Waals surface area (Å²) in [6.45, 7) is 3.05. The van der Waals surface area contributed by atoms with Crippen LogP contribution in [0.2, 0.25) is 0 Å². The predicted octanol–water partition coefficient (Wildman–Crippen LogP) is 2.80. The van der Waals surface area contributed by atoms with Gasteiger partial charge >= 0.3 is 0 Å². The third-order valence-corrected chi connectivity index (χ3v) is 6.74. The number of nitrogens with one attached hydrogen (secondary N) is 1. The molecule has 1 aromatic rings. The molecule has 0 radical (unpaired) electrons. The monoisotopic (exact) mass is 301 g/mol. The fourth-order valence-corrected chi connectivity index (χ4v) is 5.05. The number of thiophene rings is 1. The molecule has 1 N–H and O–H groups in total. The van der Waals surface area contributed by atoms with Gasteiger partial charge in [-0.3, -0.25) is 0 Å². The van der Waals surface area contributed by atoms with Crippen molar-refractivity contribution in [3.05, 3.63) is 22.4 Å². The average Bonchev–Trinajstić information content (AvgIpc) is 2.89. The molecular weight excluding hydrogens is 278 g/mol. The van der Waals surface area contributed by atoms with Crippen LogP contribution < -0.4 is 5.32 Å². The molecule has 108 valence electrons. The van der Waals surface area contributed by atoms with E-state index in [-0.39, 0.29) is 11.3 Å². The van der Waals surface area contributed by atoms with Crippen LogP contribution >= 0.6 is 11.3 Å². The molecule has 3 nitrogen and oxygen atoms in total. The number of sulfone groups is 1. The van der Waals surface area contributed by atoms with Gasteiger partial charge in [-0.1, -0.05) is 25.8 Å². The molecule has 5 heteroatoms. The van der Waals surface area contributed by atoms with Gasteiger partial charge in [0.05, 0.1) is 5.25 Å². The Kier molecular flexibility index (Phi) is 5.03. The van der Waals surface area contributed by atoms with Crippen molar-refractivity contribution in [3.8, 4) is 0 Å². The molecule has 0 amide bonds. The maximum Gasteiger partial charge on any atom is 0.151 e. The van der Waals surface area contributed by atoms with Crippen molar-refractivity contribution in [2.75, 3.05) is 12.8 Å². The minimum absolute atomic E-state index is 0.131. The third-order valence-electron chi connectivity index (χ3n) is 3.97. The van der Waals surface area contributed by atoms with Crippen LogP contribution in [-0.2, 0) is 9.84 Å². The van der Waals surface area contributed by atoms with Gasteiger partial charge in [-0.25, -0.2) is 8.42 Å². The van der Waals surface area contributed by atoms with E-state index in [0.29, 0.717) is 5.92 Å². The lowest BCUT2D eigenvalue weighted by atomic mass is 9.94. The van der Waals surface area contributed by atoms with Crippen LogP contribution in [0, 0.1) is 0 Å². The molecule has 0 unspecified atom stereocenters. The van der Waals surface area contributed by atoms with Gasteiger partial charge in [-0.15, -0.1) is 11.3 Å². The molecule has 1 heterocycles. The molecule has 0 spiro atoms. The summed E-state index contributed by atoms with van der Waals surface area (Å²) in [5, 5.41) is 5.39. The smallest absolute Gasteiger partial charge is 0.151 e. The zero-order valence-corrected chi connectivity index (χ0v) is 13.3. The molecule has 1 aliphatic rings. The first kappa shape index (κ1) is 15.0. The Morgan fingerprint density at radius 3 is 2.79 bits per heavy atom. The minimum Gasteiger partial charge on any atom is -0.312 e. The second-order valence-corrected chi connectivity index (χ2v) is 8.83. The van der Waals surface area contributed by atoms with Crippen LogP contribution in [0.25, 0.3) is 0 Å². The Labute approximate surface area is 120 Å². The number of hydrogen-bond donors (Lipinski definition) is 1. The average molecular weight is 301 g/mol. The van der Waals surface area contributed by atoms with E-state index in [0.717, 1.165) is 32.2 Å². The molecular formula is C14H23NO2S2. The molecule has 1 saturated carbocycles. The summed E-state index contributed by atoms with van der Waals surface area (Å²) in [5.41, 5.74) is 0. The van der Waals surface area contributed by atoms with Crippen LogP contribution in [-0.4, -0.2) is 32.5 Å². The molecule has 0 aliphatic heterocycles. The maximum atomic E-state index is 11.8. The summed E-state index contributed by atoms with van der Waals surface area (Å²) in [6.07, 6.45) is 5.34. The van der Waals surface area contributed by atoms with Gasteiger partial charge in [0.15, 0.2) is 9.84 Å². The molecule has 0 saturated heterocycles. The van der Waals surface area contributed by atoms with Gasteiger partial charge in [-0.05, 0) is 24.3 Å². The number of hydrogen-bond acceptors (Lipinski definition) is 4. The van der Waals surface area contributed by atoms with E-state index in [1.807, 2.05) is 0 Å². The second kappa shape index (κ2) is 6.37. The van der Waals surface area contributed by atoms with Crippen molar-refractivity contribution in [1.82, 2.24) is 5.32 Å². The van der Waals surface area contributed by atoms with Gasteiger partial charge in [0.1, 0.15) is 0 Å². The SMILES string of the molecule is C[C@H](CN[C@H]1CCCC[C@H]1S(C)(=O)=O)c1cccs1. The Balaban J connectivity index is 1.93. The molecule has 0 aromatic carbocycles. The molecule has 1 aromatic heterocycles. The lowest BCUT2D eigenvalue weighted by Crippen LogP contribution is -2.46. The van der Waals surface area contributed by atoms with Crippen molar-refractivity contribution >= 4 is 21.2 Å². The Bertz CT molecular complexity index is 482. The van der Waals surface area contributed by atoms with E-state index in [1.165, 1.54) is 11.1 Å². The highest BCUT2D eigenvalue weighted by Gasteiger charge is 2.32. The van der Waals surface area contributed by atoms with Crippen LogP contribution in [0.1, 0.15) is 43.4 Å². The van der Waals surface area contributed by atoms with Gasteiger partial charge in [0.2, 0.25) is 0 Å². The summed E-state index contributed by atoms with van der Waals surface area (Å²) < 4.78 is 23.7. The van der Waals surface area contributed by atoms with E-state index in [1.54, 1.807) is 11.3 Å². The highest BCUT2D eigenvalue weighted by molar-refractivity contribution is 7.91. The number of rotatable bonds is 5. The zero-order chi connectivity index (χ0) is 13.9. The normalized spacial score (nSPS) is 26.2. The van der Waals surface area contributed by atoms with Crippen molar-refractivity contribution in [1.29, 1.82) is 0 Å². The lowest BCUT2D eigenvalue weighted by molar-refractivity contribution is 0.366. The van der Waals surface area contributed by atoms with Crippen molar-refractivity contribution in [2.45, 2.75) is 49.8 Å². The van der Waals surface area contributed by atoms with Crippen LogP contribution in [0.15, 0.2) is 17.5 Å². The third kappa shape index (κ3) is 4.04. The first-order valence-corrected chi connectivity index (χ1v) is 9.77. The predicted molar refractivity (Wildman–Crippen MR) is 81.6 cm³/mol. The van der Waals surface area contributed by atoms with Gasteiger partial charge in [-0.2, -0.15) is 0 Å². The van der Waals surface area contributed by atoms with E-state index < -0.39 is 9.84 Å². The van der Waals surface area contributed by atoms with Gasteiger partial charge in [0, 0.05) is 29.6 Å². The molecule has 1 fully saturated rings. The highest BCUT2D eigenvalue weighted by atomic mass is 32.2. The Morgan fingerprint density at radius 1 is 1.42 bits per heavy atom. The summed E-state index contributed by atoms with van der Waals surface area (Å²) >= 11 is 1.77. The van der Waals surface area contributed by atoms with E-state index >= 15 is 0 Å². The van der Waals surface area contributed by atoms with Gasteiger partial charge in [0.25, 0.3) is 0 Å². The summed E-state index contributed by atoms with van der Waals surface area (Å²) in [7, 11) is -2.94. The molecule has 2 rings (SSSR count). The summed E-state index contributed by atoms with van der Waals surface area (Å²) in [4.78, 5) is 1.36. The van der Waals surface area contributed by atoms with Crippen LogP contribution in [0.4, 0.5) is 0 Å². The van der Waals surface area contributed by atoms with E-state index in [9.17, 15) is 8.42 Å². The molecule has 1 aliphatic carbocycles. The standard InChI is InChI=1S/C14H23NO2S2/c1-11(13-7-5-9-18-13)10-15-12-6-3-4-8-14(12)19(2,16)17/h5,7,9,11-12,14-15H,3-4,6,8,10H2,1-2H3/t11-,12+,14-/m1/s1. The Morgan fingerprint density at radius 2 is 2.16 bits per heavy atom. The first-order chi connectivity index (χ1) is 8.98.